The fourth-order valence-electron chi connectivity index (χ4n) is 1.77. The van der Waals surface area contributed by atoms with Crippen LogP contribution in [0.1, 0.15) is 33.6 Å². The molecule has 0 aliphatic heterocycles. The van der Waals surface area contributed by atoms with Gasteiger partial charge in [-0.2, -0.15) is 0 Å². The molecular formula is C17H25NO. The van der Waals surface area contributed by atoms with Gasteiger partial charge in [0.2, 0.25) is 0 Å². The Morgan fingerprint density at radius 1 is 1.21 bits per heavy atom. The molecule has 0 bridgehead atoms. The van der Waals surface area contributed by atoms with Gasteiger partial charge in [-0.1, -0.05) is 29.4 Å². The van der Waals surface area contributed by atoms with Gasteiger partial charge in [-0.15, -0.1) is 0 Å². The predicted octanol–water partition coefficient (Wildman–Crippen LogP) is 4.80. The van der Waals surface area contributed by atoms with Gasteiger partial charge >= 0.3 is 0 Å². The van der Waals surface area contributed by atoms with Gasteiger partial charge in [-0.25, -0.2) is 0 Å². The van der Waals surface area contributed by atoms with Crippen molar-refractivity contribution < 1.29 is 4.74 Å². The van der Waals surface area contributed by atoms with E-state index in [1.54, 1.807) is 7.11 Å². The lowest BCUT2D eigenvalue weighted by Gasteiger charge is -2.06. The van der Waals surface area contributed by atoms with E-state index in [1.807, 2.05) is 18.2 Å². The Balaban J connectivity index is 2.37. The number of hydrogen-bond acceptors (Lipinski definition) is 2. The van der Waals surface area contributed by atoms with E-state index in [2.05, 4.69) is 44.3 Å². The normalized spacial score (nSPS) is 11.1. The number of nitrogens with one attached hydrogen (secondary N) is 1. The Bertz CT molecular complexity index is 442. The fourth-order valence-corrected chi connectivity index (χ4v) is 1.77. The zero-order valence-electron chi connectivity index (χ0n) is 12.5. The van der Waals surface area contributed by atoms with Gasteiger partial charge in [0.25, 0.3) is 0 Å². The van der Waals surface area contributed by atoms with Crippen molar-refractivity contribution in [3.8, 4) is 5.75 Å². The van der Waals surface area contributed by atoms with E-state index >= 15 is 0 Å². The van der Waals surface area contributed by atoms with Crippen LogP contribution in [-0.2, 0) is 0 Å². The molecule has 104 valence electrons. The summed E-state index contributed by atoms with van der Waals surface area (Å²) < 4.78 is 5.20. The lowest BCUT2D eigenvalue weighted by atomic mass is 10.1. The van der Waals surface area contributed by atoms with Crippen LogP contribution in [0.15, 0.2) is 47.6 Å². The molecule has 2 heteroatoms. The van der Waals surface area contributed by atoms with Crippen LogP contribution in [-0.4, -0.2) is 13.7 Å². The van der Waals surface area contributed by atoms with E-state index < -0.39 is 0 Å². The van der Waals surface area contributed by atoms with Crippen molar-refractivity contribution in [3.63, 3.8) is 0 Å². The minimum absolute atomic E-state index is 0.855. The molecule has 0 atom stereocenters. The van der Waals surface area contributed by atoms with Crippen LogP contribution in [0, 0.1) is 0 Å². The maximum atomic E-state index is 5.20. The first-order valence-corrected chi connectivity index (χ1v) is 6.78. The number of ether oxygens (including phenoxy) is 1. The highest BCUT2D eigenvalue weighted by molar-refractivity contribution is 5.48. The lowest BCUT2D eigenvalue weighted by Crippen LogP contribution is -1.99. The first kappa shape index (κ1) is 15.4. The molecule has 0 amide bonds. The molecule has 0 saturated heterocycles. The molecule has 0 heterocycles. The number of rotatable bonds is 7. The number of methoxy groups -OCH3 is 1. The van der Waals surface area contributed by atoms with Gasteiger partial charge in [0.05, 0.1) is 7.11 Å². The minimum Gasteiger partial charge on any atom is -0.497 e. The number of hydrogen-bond donors (Lipinski definition) is 1. The van der Waals surface area contributed by atoms with Gasteiger partial charge in [-0.05, 0) is 45.7 Å². The second kappa shape index (κ2) is 8.41. The third kappa shape index (κ3) is 6.70. The summed E-state index contributed by atoms with van der Waals surface area (Å²) in [5.41, 5.74) is 3.91. The van der Waals surface area contributed by atoms with E-state index in [-0.39, 0.29) is 0 Å². The van der Waals surface area contributed by atoms with Gasteiger partial charge in [0, 0.05) is 18.3 Å². The maximum absolute atomic E-state index is 5.20. The standard InChI is InChI=1S/C17H25NO/c1-14(2)7-5-8-15(3)11-12-18-16-9-6-10-17(13-16)19-4/h6-7,9-11,13,18H,5,8,12H2,1-4H3. The largest absolute Gasteiger partial charge is 0.497 e. The van der Waals surface area contributed by atoms with Crippen molar-refractivity contribution in [2.45, 2.75) is 33.6 Å². The molecule has 0 radical (unpaired) electrons. The molecular weight excluding hydrogens is 234 g/mol. The Kier molecular flexibility index (Phi) is 6.80. The summed E-state index contributed by atoms with van der Waals surface area (Å²) in [5.74, 6) is 0.884. The Morgan fingerprint density at radius 2 is 2.00 bits per heavy atom. The van der Waals surface area contributed by atoms with E-state index in [0.29, 0.717) is 0 Å². The molecule has 0 aliphatic carbocycles. The van der Waals surface area contributed by atoms with E-state index in [0.717, 1.165) is 30.8 Å². The van der Waals surface area contributed by atoms with Crippen molar-refractivity contribution in [3.05, 3.63) is 47.6 Å². The molecule has 1 aromatic carbocycles. The van der Waals surface area contributed by atoms with Crippen LogP contribution in [0.5, 0.6) is 5.75 Å². The fraction of sp³-hybridized carbons (Fsp3) is 0.412. The van der Waals surface area contributed by atoms with E-state index in [4.69, 9.17) is 4.74 Å². The SMILES string of the molecule is COc1cccc(NCC=C(C)CCC=C(C)C)c1. The van der Waals surface area contributed by atoms with Crippen LogP contribution in [0.4, 0.5) is 5.69 Å². The van der Waals surface area contributed by atoms with Crippen molar-refractivity contribution >= 4 is 5.69 Å². The number of allylic oxidation sites excluding steroid dienone is 3. The van der Waals surface area contributed by atoms with Gasteiger partial charge in [0.15, 0.2) is 0 Å². The van der Waals surface area contributed by atoms with Crippen LogP contribution < -0.4 is 10.1 Å². The Labute approximate surface area is 117 Å². The topological polar surface area (TPSA) is 21.3 Å². The third-order valence-electron chi connectivity index (χ3n) is 2.92. The van der Waals surface area contributed by atoms with E-state index in [1.165, 1.54) is 11.1 Å². The maximum Gasteiger partial charge on any atom is 0.120 e. The molecule has 0 unspecified atom stereocenters. The molecule has 0 fully saturated rings. The molecule has 19 heavy (non-hydrogen) atoms. The molecule has 0 saturated carbocycles. The van der Waals surface area contributed by atoms with Crippen molar-refractivity contribution in [2.75, 3.05) is 19.0 Å². The average Bonchev–Trinajstić information content (AvgIpc) is 2.38. The molecule has 1 aromatic rings. The highest BCUT2D eigenvalue weighted by atomic mass is 16.5. The first-order chi connectivity index (χ1) is 9.11. The number of anilines is 1. The second-order valence-corrected chi connectivity index (χ2v) is 4.98. The minimum atomic E-state index is 0.855. The summed E-state index contributed by atoms with van der Waals surface area (Å²) in [6.07, 6.45) is 6.79. The molecule has 0 aliphatic rings. The quantitative estimate of drug-likeness (QED) is 0.710. The van der Waals surface area contributed by atoms with Gasteiger partial charge in [-0.3, -0.25) is 0 Å². The smallest absolute Gasteiger partial charge is 0.120 e. The van der Waals surface area contributed by atoms with Crippen LogP contribution in [0.25, 0.3) is 0 Å². The summed E-state index contributed by atoms with van der Waals surface area (Å²) in [4.78, 5) is 0. The number of benzene rings is 1. The second-order valence-electron chi connectivity index (χ2n) is 4.98. The van der Waals surface area contributed by atoms with Crippen LogP contribution in [0.2, 0.25) is 0 Å². The first-order valence-electron chi connectivity index (χ1n) is 6.78. The highest BCUT2D eigenvalue weighted by Gasteiger charge is 1.94. The molecule has 2 nitrogen and oxygen atoms in total. The highest BCUT2D eigenvalue weighted by Crippen LogP contribution is 2.16. The lowest BCUT2D eigenvalue weighted by molar-refractivity contribution is 0.415. The molecule has 1 rings (SSSR count). The van der Waals surface area contributed by atoms with Crippen molar-refractivity contribution in [2.24, 2.45) is 0 Å². The van der Waals surface area contributed by atoms with Crippen molar-refractivity contribution in [1.29, 1.82) is 0 Å². The molecule has 0 aromatic heterocycles. The zero-order chi connectivity index (χ0) is 14.1. The van der Waals surface area contributed by atoms with Crippen LogP contribution in [0.3, 0.4) is 0 Å². The van der Waals surface area contributed by atoms with Crippen LogP contribution >= 0.6 is 0 Å². The summed E-state index contributed by atoms with van der Waals surface area (Å²) in [6.45, 7) is 7.33. The third-order valence-corrected chi connectivity index (χ3v) is 2.92. The molecule has 0 spiro atoms. The summed E-state index contributed by atoms with van der Waals surface area (Å²) in [5, 5.41) is 3.38. The van der Waals surface area contributed by atoms with E-state index in [9.17, 15) is 0 Å². The Hall–Kier alpha value is -1.70. The van der Waals surface area contributed by atoms with Gasteiger partial charge in [0.1, 0.15) is 5.75 Å². The summed E-state index contributed by atoms with van der Waals surface area (Å²) in [7, 11) is 1.69. The Morgan fingerprint density at radius 3 is 2.68 bits per heavy atom. The van der Waals surface area contributed by atoms with Gasteiger partial charge < -0.3 is 10.1 Å². The summed E-state index contributed by atoms with van der Waals surface area (Å²) in [6, 6.07) is 8.00. The zero-order valence-corrected chi connectivity index (χ0v) is 12.5. The summed E-state index contributed by atoms with van der Waals surface area (Å²) >= 11 is 0. The van der Waals surface area contributed by atoms with Crippen molar-refractivity contribution in [1.82, 2.24) is 0 Å². The molecule has 1 N–H and O–H groups in total. The predicted molar refractivity (Wildman–Crippen MR) is 83.9 cm³/mol. The average molecular weight is 259 g/mol. The monoisotopic (exact) mass is 259 g/mol.